The van der Waals surface area contributed by atoms with Gasteiger partial charge >= 0.3 is 5.97 Å². The van der Waals surface area contributed by atoms with E-state index < -0.39 is 5.97 Å². The van der Waals surface area contributed by atoms with Crippen molar-refractivity contribution in [3.63, 3.8) is 0 Å². The summed E-state index contributed by atoms with van der Waals surface area (Å²) in [5.74, 6) is -0.500. The molecular weight excluding hydrogens is 246 g/mol. The Morgan fingerprint density at radius 1 is 1.42 bits per heavy atom. The molecule has 3 N–H and O–H groups in total. The lowest BCUT2D eigenvalue weighted by molar-refractivity contribution is -0.118. The molecule has 6 nitrogen and oxygen atoms in total. The summed E-state index contributed by atoms with van der Waals surface area (Å²) in [7, 11) is 0. The number of nitrogens with two attached hydrogens (primary N) is 1. The minimum atomic E-state index is -0.970. The zero-order chi connectivity index (χ0) is 14.0. The summed E-state index contributed by atoms with van der Waals surface area (Å²) in [6.07, 6.45) is 0.967. The van der Waals surface area contributed by atoms with Crippen LogP contribution in [0.1, 0.15) is 29.0 Å². The first-order chi connectivity index (χ1) is 8.99. The molecule has 2 rings (SSSR count). The highest BCUT2D eigenvalue weighted by molar-refractivity contribution is 5.92. The average Bonchev–Trinajstić information content (AvgIpc) is 2.64. The molecule has 100 valence electrons. The fourth-order valence-corrected chi connectivity index (χ4v) is 2.08. The number of carboxylic acid groups (broad SMARTS) is 1. The Hall–Kier alpha value is -2.37. The fourth-order valence-electron chi connectivity index (χ4n) is 2.08. The van der Waals surface area contributed by atoms with E-state index in [0.717, 1.165) is 11.3 Å². The summed E-state index contributed by atoms with van der Waals surface area (Å²) in [6, 6.07) is 4.84. The first-order valence-electron chi connectivity index (χ1n) is 5.97. The number of aromatic nitrogens is 2. The van der Waals surface area contributed by atoms with Gasteiger partial charge in [-0.25, -0.2) is 9.78 Å². The largest absolute Gasteiger partial charge is 0.478 e. The number of hydrogen-bond acceptors (Lipinski definition) is 3. The molecule has 0 aliphatic carbocycles. The standard InChI is InChI=1S/C13H15N3O3/c1-8-15-10-7-9(13(18)19)4-5-11(10)16(8)6-2-3-12(14)17/h4-5,7H,2-3,6H2,1H3,(H2,14,17)(H,18,19). The summed E-state index contributed by atoms with van der Waals surface area (Å²) in [4.78, 5) is 26.0. The van der Waals surface area contributed by atoms with Crippen molar-refractivity contribution in [1.29, 1.82) is 0 Å². The molecule has 1 aromatic heterocycles. The molecule has 0 unspecified atom stereocenters. The molecule has 1 heterocycles. The first kappa shape index (κ1) is 13.1. The summed E-state index contributed by atoms with van der Waals surface area (Å²) in [6.45, 7) is 2.49. The zero-order valence-electron chi connectivity index (χ0n) is 10.6. The number of fused-ring (bicyclic) bond motifs is 1. The van der Waals surface area contributed by atoms with Gasteiger partial charge in [-0.1, -0.05) is 0 Å². The smallest absolute Gasteiger partial charge is 0.335 e. The van der Waals surface area contributed by atoms with Crippen molar-refractivity contribution in [2.75, 3.05) is 0 Å². The van der Waals surface area contributed by atoms with Crippen LogP contribution in [0.5, 0.6) is 0 Å². The number of hydrogen-bond donors (Lipinski definition) is 2. The van der Waals surface area contributed by atoms with Crippen molar-refractivity contribution < 1.29 is 14.7 Å². The summed E-state index contributed by atoms with van der Waals surface area (Å²) >= 11 is 0. The zero-order valence-corrected chi connectivity index (χ0v) is 10.6. The Bertz CT molecular complexity index is 646. The van der Waals surface area contributed by atoms with Crippen LogP contribution in [0.15, 0.2) is 18.2 Å². The van der Waals surface area contributed by atoms with E-state index in [1.54, 1.807) is 18.2 Å². The van der Waals surface area contributed by atoms with Crippen LogP contribution in [0.25, 0.3) is 11.0 Å². The highest BCUT2D eigenvalue weighted by atomic mass is 16.4. The van der Waals surface area contributed by atoms with Crippen molar-refractivity contribution >= 4 is 22.9 Å². The molecule has 0 atom stereocenters. The van der Waals surface area contributed by atoms with Crippen LogP contribution in [0.4, 0.5) is 0 Å². The van der Waals surface area contributed by atoms with Gasteiger partial charge in [0.15, 0.2) is 0 Å². The van der Waals surface area contributed by atoms with Gasteiger partial charge < -0.3 is 15.4 Å². The molecule has 2 aromatic rings. The van der Waals surface area contributed by atoms with Gasteiger partial charge in [-0.05, 0) is 31.5 Å². The van der Waals surface area contributed by atoms with Gasteiger partial charge in [0.25, 0.3) is 0 Å². The molecule has 0 fully saturated rings. The molecule has 0 saturated carbocycles. The number of carboxylic acids is 1. The van der Waals surface area contributed by atoms with Gasteiger partial charge in [-0.3, -0.25) is 4.79 Å². The van der Waals surface area contributed by atoms with Crippen molar-refractivity contribution in [2.24, 2.45) is 5.73 Å². The fraction of sp³-hybridized carbons (Fsp3) is 0.308. The van der Waals surface area contributed by atoms with Crippen LogP contribution in [0.3, 0.4) is 0 Å². The molecule has 0 aliphatic rings. The van der Waals surface area contributed by atoms with Crippen molar-refractivity contribution in [2.45, 2.75) is 26.3 Å². The molecule has 0 spiro atoms. The highest BCUT2D eigenvalue weighted by Gasteiger charge is 2.10. The van der Waals surface area contributed by atoms with Gasteiger partial charge in [0.2, 0.25) is 5.91 Å². The van der Waals surface area contributed by atoms with E-state index in [9.17, 15) is 9.59 Å². The third-order valence-electron chi connectivity index (χ3n) is 2.99. The molecule has 0 radical (unpaired) electrons. The van der Waals surface area contributed by atoms with Gasteiger partial charge in [0.1, 0.15) is 5.82 Å². The van der Waals surface area contributed by atoms with Crippen LogP contribution < -0.4 is 5.73 Å². The van der Waals surface area contributed by atoms with Crippen LogP contribution in [-0.4, -0.2) is 26.5 Å². The SMILES string of the molecule is Cc1nc2cc(C(=O)O)ccc2n1CCCC(N)=O. The third-order valence-corrected chi connectivity index (χ3v) is 2.99. The lowest BCUT2D eigenvalue weighted by Gasteiger charge is -2.05. The second-order valence-corrected chi connectivity index (χ2v) is 4.39. The van der Waals surface area contributed by atoms with Crippen molar-refractivity contribution in [1.82, 2.24) is 9.55 Å². The average molecular weight is 261 g/mol. The number of rotatable bonds is 5. The van der Waals surface area contributed by atoms with Gasteiger partial charge in [0, 0.05) is 13.0 Å². The Morgan fingerprint density at radius 2 is 2.16 bits per heavy atom. The number of aryl methyl sites for hydroxylation is 2. The topological polar surface area (TPSA) is 98.2 Å². The number of benzene rings is 1. The maximum atomic E-state index is 10.9. The molecule has 1 aromatic carbocycles. The number of carbonyl (C=O) groups is 2. The summed E-state index contributed by atoms with van der Waals surface area (Å²) < 4.78 is 1.96. The van der Waals surface area contributed by atoms with E-state index in [-0.39, 0.29) is 11.5 Å². The number of amides is 1. The number of carbonyl (C=O) groups excluding carboxylic acids is 1. The lowest BCUT2D eigenvalue weighted by atomic mass is 10.2. The Morgan fingerprint density at radius 3 is 2.79 bits per heavy atom. The molecule has 0 saturated heterocycles. The van der Waals surface area contributed by atoms with Gasteiger partial charge in [0.05, 0.1) is 16.6 Å². The lowest BCUT2D eigenvalue weighted by Crippen LogP contribution is -2.11. The van der Waals surface area contributed by atoms with Crippen LogP contribution >= 0.6 is 0 Å². The number of primary amides is 1. The predicted molar refractivity (Wildman–Crippen MR) is 69.9 cm³/mol. The minimum absolute atomic E-state index is 0.217. The summed E-state index contributed by atoms with van der Waals surface area (Å²) in [5, 5.41) is 8.94. The highest BCUT2D eigenvalue weighted by Crippen LogP contribution is 2.18. The molecular formula is C13H15N3O3. The monoisotopic (exact) mass is 261 g/mol. The van der Waals surface area contributed by atoms with Gasteiger partial charge in [-0.15, -0.1) is 0 Å². The van der Waals surface area contributed by atoms with E-state index in [1.165, 1.54) is 0 Å². The quantitative estimate of drug-likeness (QED) is 0.847. The molecule has 0 bridgehead atoms. The number of aromatic carboxylic acids is 1. The third kappa shape index (κ3) is 2.73. The van der Waals surface area contributed by atoms with Crippen LogP contribution in [0.2, 0.25) is 0 Å². The molecule has 6 heteroatoms. The second-order valence-electron chi connectivity index (χ2n) is 4.39. The van der Waals surface area contributed by atoms with Crippen molar-refractivity contribution in [3.05, 3.63) is 29.6 Å². The van der Waals surface area contributed by atoms with E-state index >= 15 is 0 Å². The van der Waals surface area contributed by atoms with E-state index in [0.29, 0.717) is 24.9 Å². The first-order valence-corrected chi connectivity index (χ1v) is 5.97. The molecule has 0 aliphatic heterocycles. The molecule has 19 heavy (non-hydrogen) atoms. The maximum Gasteiger partial charge on any atom is 0.335 e. The Labute approximate surface area is 109 Å². The maximum absolute atomic E-state index is 10.9. The number of nitrogens with zero attached hydrogens (tertiary/aromatic N) is 2. The minimum Gasteiger partial charge on any atom is -0.478 e. The van der Waals surface area contributed by atoms with E-state index in [2.05, 4.69) is 4.98 Å². The van der Waals surface area contributed by atoms with E-state index in [1.807, 2.05) is 11.5 Å². The van der Waals surface area contributed by atoms with E-state index in [4.69, 9.17) is 10.8 Å². The molecule has 1 amide bonds. The van der Waals surface area contributed by atoms with Crippen molar-refractivity contribution in [3.8, 4) is 0 Å². The normalized spacial score (nSPS) is 10.8. The second kappa shape index (κ2) is 5.09. The summed E-state index contributed by atoms with van der Waals surface area (Å²) in [5.41, 5.74) is 6.84. The predicted octanol–water partition coefficient (Wildman–Crippen LogP) is 1.31. The Balaban J connectivity index is 2.31. The Kier molecular flexibility index (Phi) is 3.50. The number of imidazole rings is 1. The van der Waals surface area contributed by atoms with Gasteiger partial charge in [-0.2, -0.15) is 0 Å². The van der Waals surface area contributed by atoms with Crippen LogP contribution in [0, 0.1) is 6.92 Å². The van der Waals surface area contributed by atoms with Crippen LogP contribution in [-0.2, 0) is 11.3 Å².